The molecule has 2 unspecified atom stereocenters. The number of nitrogens with zero attached hydrogens (tertiary/aromatic N) is 1. The fourth-order valence-electron chi connectivity index (χ4n) is 3.12. The summed E-state index contributed by atoms with van der Waals surface area (Å²) in [6.45, 7) is 1.64. The molecule has 0 aliphatic carbocycles. The summed E-state index contributed by atoms with van der Waals surface area (Å²) in [5, 5.41) is 0. The van der Waals surface area contributed by atoms with E-state index in [4.69, 9.17) is 5.73 Å². The van der Waals surface area contributed by atoms with Crippen LogP contribution < -0.4 is 5.73 Å². The smallest absolute Gasteiger partial charge is 0.224 e. The predicted molar refractivity (Wildman–Crippen MR) is 88.4 cm³/mol. The number of carbonyl (C=O) groups excluding carboxylic acids is 1. The summed E-state index contributed by atoms with van der Waals surface area (Å²) in [6, 6.07) is 20.1. The number of carbonyl (C=O) groups is 1. The maximum Gasteiger partial charge on any atom is 0.224 e. The highest BCUT2D eigenvalue weighted by molar-refractivity contribution is 5.77. The lowest BCUT2D eigenvalue weighted by Crippen LogP contribution is -2.31. The first kappa shape index (κ1) is 14.8. The lowest BCUT2D eigenvalue weighted by Gasteiger charge is -2.19. The molecule has 1 aliphatic heterocycles. The minimum absolute atomic E-state index is 0.162. The zero-order chi connectivity index (χ0) is 15.4. The number of likely N-dealkylation sites (tertiary alicyclic amines) is 1. The Morgan fingerprint density at radius 1 is 1.09 bits per heavy atom. The zero-order valence-electron chi connectivity index (χ0n) is 12.7. The van der Waals surface area contributed by atoms with Crippen molar-refractivity contribution in [1.29, 1.82) is 0 Å². The molecule has 22 heavy (non-hydrogen) atoms. The van der Waals surface area contributed by atoms with Crippen LogP contribution >= 0.6 is 0 Å². The SMILES string of the molecule is NC(CC(=O)N1CCC(c2ccccc2)C1)c1ccccc1. The second-order valence-electron chi connectivity index (χ2n) is 5.96. The number of rotatable bonds is 4. The summed E-state index contributed by atoms with van der Waals surface area (Å²) in [5.74, 6) is 0.618. The molecule has 1 fully saturated rings. The van der Waals surface area contributed by atoms with Gasteiger partial charge in [-0.05, 0) is 17.5 Å². The molecule has 0 radical (unpaired) electrons. The maximum atomic E-state index is 12.5. The van der Waals surface area contributed by atoms with Crippen LogP contribution in [-0.2, 0) is 4.79 Å². The number of amides is 1. The van der Waals surface area contributed by atoms with Crippen molar-refractivity contribution in [2.75, 3.05) is 13.1 Å². The van der Waals surface area contributed by atoms with Crippen LogP contribution in [0.3, 0.4) is 0 Å². The van der Waals surface area contributed by atoms with E-state index in [-0.39, 0.29) is 11.9 Å². The van der Waals surface area contributed by atoms with Crippen LogP contribution in [0.25, 0.3) is 0 Å². The third kappa shape index (κ3) is 3.37. The van der Waals surface area contributed by atoms with Crippen molar-refractivity contribution in [3.05, 3.63) is 71.8 Å². The Bertz CT molecular complexity index is 612. The molecule has 3 rings (SSSR count). The zero-order valence-corrected chi connectivity index (χ0v) is 12.7. The van der Waals surface area contributed by atoms with Gasteiger partial charge in [-0.3, -0.25) is 4.79 Å². The van der Waals surface area contributed by atoms with Gasteiger partial charge in [-0.1, -0.05) is 60.7 Å². The number of hydrogen-bond acceptors (Lipinski definition) is 2. The average molecular weight is 294 g/mol. The van der Waals surface area contributed by atoms with E-state index in [9.17, 15) is 4.79 Å². The van der Waals surface area contributed by atoms with Crippen LogP contribution in [0.15, 0.2) is 60.7 Å². The Morgan fingerprint density at radius 3 is 2.41 bits per heavy atom. The summed E-state index contributed by atoms with van der Waals surface area (Å²) in [6.07, 6.45) is 1.42. The van der Waals surface area contributed by atoms with Gasteiger partial charge in [-0.2, -0.15) is 0 Å². The fourth-order valence-corrected chi connectivity index (χ4v) is 3.12. The summed E-state index contributed by atoms with van der Waals surface area (Å²) in [7, 11) is 0. The van der Waals surface area contributed by atoms with Gasteiger partial charge in [0, 0.05) is 31.5 Å². The molecular formula is C19H22N2O. The van der Waals surface area contributed by atoms with Crippen molar-refractivity contribution >= 4 is 5.91 Å². The van der Waals surface area contributed by atoms with Gasteiger partial charge in [0.1, 0.15) is 0 Å². The molecule has 0 spiro atoms. The second-order valence-corrected chi connectivity index (χ2v) is 5.96. The maximum absolute atomic E-state index is 12.5. The highest BCUT2D eigenvalue weighted by Gasteiger charge is 2.28. The lowest BCUT2D eigenvalue weighted by molar-refractivity contribution is -0.130. The first-order valence-corrected chi connectivity index (χ1v) is 7.87. The van der Waals surface area contributed by atoms with E-state index in [1.165, 1.54) is 5.56 Å². The molecule has 0 saturated carbocycles. The van der Waals surface area contributed by atoms with Gasteiger partial charge in [-0.25, -0.2) is 0 Å². The topological polar surface area (TPSA) is 46.3 Å². The Labute approximate surface area is 131 Å². The molecule has 2 N–H and O–H groups in total. The molecule has 2 atom stereocenters. The van der Waals surface area contributed by atoms with Crippen molar-refractivity contribution in [3.8, 4) is 0 Å². The molecule has 0 bridgehead atoms. The third-order valence-corrected chi connectivity index (χ3v) is 4.43. The van der Waals surface area contributed by atoms with Crippen molar-refractivity contribution < 1.29 is 4.79 Å². The van der Waals surface area contributed by atoms with E-state index in [1.807, 2.05) is 41.3 Å². The van der Waals surface area contributed by atoms with E-state index >= 15 is 0 Å². The molecule has 1 amide bonds. The first-order valence-electron chi connectivity index (χ1n) is 7.87. The molecule has 3 nitrogen and oxygen atoms in total. The summed E-state index contributed by atoms with van der Waals surface area (Å²) >= 11 is 0. The largest absolute Gasteiger partial charge is 0.342 e. The van der Waals surface area contributed by atoms with E-state index in [0.717, 1.165) is 25.1 Å². The standard InChI is InChI=1S/C19H22N2O/c20-18(16-9-5-2-6-10-16)13-19(22)21-12-11-17(14-21)15-7-3-1-4-8-15/h1-10,17-18H,11-14,20H2. The highest BCUT2D eigenvalue weighted by atomic mass is 16.2. The van der Waals surface area contributed by atoms with E-state index in [0.29, 0.717) is 12.3 Å². The normalized spacial score (nSPS) is 19.1. The third-order valence-electron chi connectivity index (χ3n) is 4.43. The van der Waals surface area contributed by atoms with E-state index in [1.54, 1.807) is 0 Å². The molecule has 0 aromatic heterocycles. The minimum atomic E-state index is -0.218. The first-order chi connectivity index (χ1) is 10.7. The van der Waals surface area contributed by atoms with Gasteiger partial charge in [0.2, 0.25) is 5.91 Å². The van der Waals surface area contributed by atoms with Crippen molar-refractivity contribution in [2.24, 2.45) is 5.73 Å². The molecule has 1 heterocycles. The monoisotopic (exact) mass is 294 g/mol. The Kier molecular flexibility index (Phi) is 4.54. The summed E-state index contributed by atoms with van der Waals surface area (Å²) < 4.78 is 0. The number of nitrogens with two attached hydrogens (primary N) is 1. The minimum Gasteiger partial charge on any atom is -0.342 e. The van der Waals surface area contributed by atoms with Gasteiger partial charge < -0.3 is 10.6 Å². The molecule has 1 saturated heterocycles. The van der Waals surface area contributed by atoms with Gasteiger partial charge in [0.05, 0.1) is 0 Å². The molecule has 114 valence electrons. The Hall–Kier alpha value is -2.13. The number of hydrogen-bond donors (Lipinski definition) is 1. The van der Waals surface area contributed by atoms with Crippen LogP contribution in [0.4, 0.5) is 0 Å². The summed E-state index contributed by atoms with van der Waals surface area (Å²) in [4.78, 5) is 14.4. The fraction of sp³-hybridized carbons (Fsp3) is 0.316. The van der Waals surface area contributed by atoms with Crippen LogP contribution in [0.2, 0.25) is 0 Å². The predicted octanol–water partition coefficient (Wildman–Crippen LogP) is 3.09. The van der Waals surface area contributed by atoms with Crippen LogP contribution in [0.5, 0.6) is 0 Å². The van der Waals surface area contributed by atoms with Crippen LogP contribution in [-0.4, -0.2) is 23.9 Å². The van der Waals surface area contributed by atoms with Gasteiger partial charge in [0.25, 0.3) is 0 Å². The quantitative estimate of drug-likeness (QED) is 0.942. The lowest BCUT2D eigenvalue weighted by atomic mass is 9.99. The van der Waals surface area contributed by atoms with Crippen molar-refractivity contribution in [1.82, 2.24) is 4.90 Å². The molecule has 1 aliphatic rings. The highest BCUT2D eigenvalue weighted by Crippen LogP contribution is 2.28. The molecule has 2 aromatic rings. The molecule has 2 aromatic carbocycles. The summed E-state index contributed by atoms with van der Waals surface area (Å²) in [5.41, 5.74) is 8.51. The molecule has 3 heteroatoms. The van der Waals surface area contributed by atoms with Crippen LogP contribution in [0.1, 0.15) is 35.9 Å². The van der Waals surface area contributed by atoms with Gasteiger partial charge >= 0.3 is 0 Å². The van der Waals surface area contributed by atoms with Crippen LogP contribution in [0, 0.1) is 0 Å². The van der Waals surface area contributed by atoms with Crippen molar-refractivity contribution in [3.63, 3.8) is 0 Å². The second kappa shape index (κ2) is 6.75. The van der Waals surface area contributed by atoms with E-state index < -0.39 is 0 Å². The Morgan fingerprint density at radius 2 is 1.73 bits per heavy atom. The van der Waals surface area contributed by atoms with Gasteiger partial charge in [0.15, 0.2) is 0 Å². The average Bonchev–Trinajstić information content (AvgIpc) is 3.06. The van der Waals surface area contributed by atoms with Crippen molar-refractivity contribution in [2.45, 2.75) is 24.8 Å². The molecular weight excluding hydrogens is 272 g/mol. The Balaban J connectivity index is 1.58. The van der Waals surface area contributed by atoms with Gasteiger partial charge in [-0.15, -0.1) is 0 Å². The van der Waals surface area contributed by atoms with E-state index in [2.05, 4.69) is 24.3 Å². The number of benzene rings is 2.